The predicted molar refractivity (Wildman–Crippen MR) is 74.4 cm³/mol. The maximum atomic E-state index is 4.73. The Morgan fingerprint density at radius 1 is 1.32 bits per heavy atom. The summed E-state index contributed by atoms with van der Waals surface area (Å²) in [4.78, 5) is 4.73. The Kier molecular flexibility index (Phi) is 2.37. The maximum absolute atomic E-state index is 4.73. The van der Waals surface area contributed by atoms with Crippen LogP contribution >= 0.6 is 0 Å². The zero-order valence-electron chi connectivity index (χ0n) is 11.1. The standard InChI is InChI=1S/C15H18N4/c1-19-14(17-15(18-19)10-6-7-10)8-11-9-16-13-5-3-2-4-12(11)13/h2-5,10-11,16H,6-9H2,1H3. The van der Waals surface area contributed by atoms with Crippen molar-refractivity contribution in [3.8, 4) is 0 Å². The molecule has 0 radical (unpaired) electrons. The van der Waals surface area contributed by atoms with Gasteiger partial charge in [0.25, 0.3) is 0 Å². The van der Waals surface area contributed by atoms with Crippen molar-refractivity contribution >= 4 is 5.69 Å². The minimum atomic E-state index is 0.520. The second-order valence-corrected chi connectivity index (χ2v) is 5.65. The van der Waals surface area contributed by atoms with Gasteiger partial charge in [-0.05, 0) is 24.5 Å². The van der Waals surface area contributed by atoms with Crippen LogP contribution in [0.2, 0.25) is 0 Å². The van der Waals surface area contributed by atoms with Gasteiger partial charge in [0.05, 0.1) is 0 Å². The van der Waals surface area contributed by atoms with Gasteiger partial charge >= 0.3 is 0 Å². The molecule has 0 amide bonds. The molecule has 2 heterocycles. The summed E-state index contributed by atoms with van der Waals surface area (Å²) in [6, 6.07) is 8.58. The third-order valence-electron chi connectivity index (χ3n) is 4.18. The lowest BCUT2D eigenvalue weighted by molar-refractivity contribution is 0.641. The van der Waals surface area contributed by atoms with Crippen LogP contribution in [-0.4, -0.2) is 21.3 Å². The van der Waals surface area contributed by atoms with E-state index in [0.717, 1.165) is 24.6 Å². The van der Waals surface area contributed by atoms with Crippen LogP contribution < -0.4 is 5.32 Å². The normalized spacial score (nSPS) is 21.2. The van der Waals surface area contributed by atoms with E-state index in [1.54, 1.807) is 0 Å². The molecule has 1 N–H and O–H groups in total. The van der Waals surface area contributed by atoms with Gasteiger partial charge in [0.1, 0.15) is 5.82 Å². The Hall–Kier alpha value is -1.84. The lowest BCUT2D eigenvalue weighted by Crippen LogP contribution is -2.09. The van der Waals surface area contributed by atoms with Gasteiger partial charge in [-0.25, -0.2) is 4.98 Å². The average Bonchev–Trinajstić information content (AvgIpc) is 3.11. The third kappa shape index (κ3) is 1.91. The molecule has 19 heavy (non-hydrogen) atoms. The van der Waals surface area contributed by atoms with Gasteiger partial charge in [0, 0.05) is 37.5 Å². The number of nitrogens with zero attached hydrogens (tertiary/aromatic N) is 3. The largest absolute Gasteiger partial charge is 0.384 e. The molecule has 1 aliphatic carbocycles. The van der Waals surface area contributed by atoms with Crippen molar-refractivity contribution in [1.29, 1.82) is 0 Å². The molecule has 4 heteroatoms. The van der Waals surface area contributed by atoms with Crippen LogP contribution in [0.25, 0.3) is 0 Å². The molecule has 2 aromatic rings. The highest BCUT2D eigenvalue weighted by Crippen LogP contribution is 2.38. The van der Waals surface area contributed by atoms with E-state index in [2.05, 4.69) is 34.7 Å². The molecular formula is C15H18N4. The number of aromatic nitrogens is 3. The Morgan fingerprint density at radius 2 is 2.16 bits per heavy atom. The molecule has 98 valence electrons. The van der Waals surface area contributed by atoms with Crippen molar-refractivity contribution in [2.75, 3.05) is 11.9 Å². The zero-order valence-corrected chi connectivity index (χ0v) is 11.1. The number of para-hydroxylation sites is 1. The predicted octanol–water partition coefficient (Wildman–Crippen LogP) is 2.44. The van der Waals surface area contributed by atoms with Crippen molar-refractivity contribution in [1.82, 2.24) is 14.8 Å². The number of aryl methyl sites for hydroxylation is 1. The second-order valence-electron chi connectivity index (χ2n) is 5.65. The van der Waals surface area contributed by atoms with Gasteiger partial charge in [0.2, 0.25) is 0 Å². The van der Waals surface area contributed by atoms with E-state index in [0.29, 0.717) is 11.8 Å². The first kappa shape index (κ1) is 11.0. The van der Waals surface area contributed by atoms with Crippen LogP contribution in [0.5, 0.6) is 0 Å². The van der Waals surface area contributed by atoms with E-state index in [1.807, 2.05) is 11.7 Å². The Labute approximate surface area is 112 Å². The summed E-state index contributed by atoms with van der Waals surface area (Å²) in [6.45, 7) is 1.00. The molecule has 1 saturated carbocycles. The van der Waals surface area contributed by atoms with E-state index >= 15 is 0 Å². The van der Waals surface area contributed by atoms with E-state index in [9.17, 15) is 0 Å². The fraction of sp³-hybridized carbons (Fsp3) is 0.467. The molecule has 1 aliphatic heterocycles. The number of rotatable bonds is 3. The van der Waals surface area contributed by atoms with E-state index < -0.39 is 0 Å². The summed E-state index contributed by atoms with van der Waals surface area (Å²) in [5.74, 6) is 3.32. The molecule has 2 aliphatic rings. The van der Waals surface area contributed by atoms with Gasteiger partial charge in [-0.1, -0.05) is 18.2 Å². The van der Waals surface area contributed by atoms with E-state index in [4.69, 9.17) is 4.98 Å². The van der Waals surface area contributed by atoms with Crippen LogP contribution in [0.15, 0.2) is 24.3 Å². The number of benzene rings is 1. The Balaban J connectivity index is 1.59. The number of hydrogen-bond acceptors (Lipinski definition) is 3. The van der Waals surface area contributed by atoms with E-state index in [-0.39, 0.29) is 0 Å². The van der Waals surface area contributed by atoms with Crippen molar-refractivity contribution in [3.05, 3.63) is 41.5 Å². The molecule has 1 aromatic carbocycles. The second kappa shape index (κ2) is 4.08. The van der Waals surface area contributed by atoms with Gasteiger partial charge in [-0.2, -0.15) is 5.10 Å². The van der Waals surface area contributed by atoms with Gasteiger partial charge in [-0.15, -0.1) is 0 Å². The molecule has 0 saturated heterocycles. The highest BCUT2D eigenvalue weighted by atomic mass is 15.3. The van der Waals surface area contributed by atoms with Crippen LogP contribution in [0.3, 0.4) is 0 Å². The minimum absolute atomic E-state index is 0.520. The fourth-order valence-corrected chi connectivity index (χ4v) is 2.89. The van der Waals surface area contributed by atoms with Crippen molar-refractivity contribution in [2.24, 2.45) is 7.05 Å². The first-order valence-corrected chi connectivity index (χ1v) is 7.04. The fourth-order valence-electron chi connectivity index (χ4n) is 2.89. The molecule has 1 fully saturated rings. The molecule has 0 bridgehead atoms. The third-order valence-corrected chi connectivity index (χ3v) is 4.18. The first-order valence-electron chi connectivity index (χ1n) is 7.04. The highest BCUT2D eigenvalue weighted by molar-refractivity contribution is 5.57. The Morgan fingerprint density at radius 3 is 3.00 bits per heavy atom. The van der Waals surface area contributed by atoms with Crippen molar-refractivity contribution in [2.45, 2.75) is 31.1 Å². The molecule has 4 nitrogen and oxygen atoms in total. The Bertz CT molecular complexity index is 612. The summed E-state index contributed by atoms with van der Waals surface area (Å²) in [6.07, 6.45) is 3.49. The van der Waals surface area contributed by atoms with Crippen LogP contribution in [0.4, 0.5) is 5.69 Å². The summed E-state index contributed by atoms with van der Waals surface area (Å²) < 4.78 is 1.97. The monoisotopic (exact) mass is 254 g/mol. The van der Waals surface area contributed by atoms with Gasteiger partial charge < -0.3 is 5.32 Å². The molecular weight excluding hydrogens is 236 g/mol. The van der Waals surface area contributed by atoms with Crippen molar-refractivity contribution in [3.63, 3.8) is 0 Å². The average molecular weight is 254 g/mol. The van der Waals surface area contributed by atoms with Crippen LogP contribution in [0, 0.1) is 0 Å². The summed E-state index contributed by atoms with van der Waals surface area (Å²) in [5.41, 5.74) is 2.69. The van der Waals surface area contributed by atoms with Gasteiger partial charge in [-0.3, -0.25) is 4.68 Å². The van der Waals surface area contributed by atoms with E-state index in [1.165, 1.54) is 24.1 Å². The number of hydrogen-bond donors (Lipinski definition) is 1. The zero-order chi connectivity index (χ0) is 12.8. The van der Waals surface area contributed by atoms with Gasteiger partial charge in [0.15, 0.2) is 5.82 Å². The molecule has 4 rings (SSSR count). The van der Waals surface area contributed by atoms with Crippen LogP contribution in [0.1, 0.15) is 41.9 Å². The summed E-state index contributed by atoms with van der Waals surface area (Å²) in [7, 11) is 2.02. The molecule has 1 unspecified atom stereocenters. The maximum Gasteiger partial charge on any atom is 0.154 e. The lowest BCUT2D eigenvalue weighted by Gasteiger charge is -2.08. The SMILES string of the molecule is Cn1nc(C2CC2)nc1CC1CNc2ccccc21. The number of anilines is 1. The quantitative estimate of drug-likeness (QED) is 0.915. The molecule has 1 atom stereocenters. The first-order chi connectivity index (χ1) is 9.31. The summed E-state index contributed by atoms with van der Waals surface area (Å²) in [5, 5.41) is 8.03. The smallest absolute Gasteiger partial charge is 0.154 e. The number of nitrogens with one attached hydrogen (secondary N) is 1. The number of fused-ring (bicyclic) bond motifs is 1. The van der Waals surface area contributed by atoms with Crippen LogP contribution in [-0.2, 0) is 13.5 Å². The highest BCUT2D eigenvalue weighted by Gasteiger charge is 2.30. The topological polar surface area (TPSA) is 42.7 Å². The molecule has 1 aromatic heterocycles. The van der Waals surface area contributed by atoms with Crippen molar-refractivity contribution < 1.29 is 0 Å². The summed E-state index contributed by atoms with van der Waals surface area (Å²) >= 11 is 0. The lowest BCUT2D eigenvalue weighted by atomic mass is 9.98. The molecule has 0 spiro atoms. The minimum Gasteiger partial charge on any atom is -0.384 e.